The lowest BCUT2D eigenvalue weighted by atomic mass is 9.92. The van der Waals surface area contributed by atoms with Gasteiger partial charge in [0.25, 0.3) is 0 Å². The molecule has 21 heavy (non-hydrogen) atoms. The molecule has 1 aliphatic rings. The van der Waals surface area contributed by atoms with Crippen molar-refractivity contribution in [2.24, 2.45) is 5.92 Å². The molecule has 0 bridgehead atoms. The number of urea groups is 1. The maximum atomic E-state index is 12.1. The van der Waals surface area contributed by atoms with Gasteiger partial charge in [0, 0.05) is 13.1 Å². The van der Waals surface area contributed by atoms with Crippen LogP contribution in [0.25, 0.3) is 0 Å². The number of aliphatic hydroxyl groups excluding tert-OH is 1. The Morgan fingerprint density at radius 1 is 1.38 bits per heavy atom. The van der Waals surface area contributed by atoms with Gasteiger partial charge in [0.2, 0.25) is 0 Å². The van der Waals surface area contributed by atoms with Crippen molar-refractivity contribution in [1.29, 1.82) is 0 Å². The third-order valence-electron chi connectivity index (χ3n) is 3.74. The van der Waals surface area contributed by atoms with Crippen LogP contribution >= 0.6 is 0 Å². The topological polar surface area (TPSA) is 103 Å². The Labute approximate surface area is 122 Å². The summed E-state index contributed by atoms with van der Waals surface area (Å²) in [6.07, 6.45) is 2.54. The number of hydrogen-bond acceptors (Lipinski definition) is 4. The van der Waals surface area contributed by atoms with E-state index in [-0.39, 0.29) is 23.7 Å². The summed E-state index contributed by atoms with van der Waals surface area (Å²) in [5.74, 6) is -0.862. The molecule has 1 atom stereocenters. The summed E-state index contributed by atoms with van der Waals surface area (Å²) in [6, 6.07) is 2.62. The van der Waals surface area contributed by atoms with Gasteiger partial charge in [-0.15, -0.1) is 0 Å². The van der Waals surface area contributed by atoms with Crippen LogP contribution in [0, 0.1) is 5.92 Å². The van der Waals surface area contributed by atoms with Crippen molar-refractivity contribution in [3.05, 3.63) is 24.0 Å². The fraction of sp³-hybridized carbons (Fsp3) is 0.500. The molecule has 1 fully saturated rings. The molecular formula is C14H19N3O4. The third kappa shape index (κ3) is 3.91. The van der Waals surface area contributed by atoms with Gasteiger partial charge in [0.15, 0.2) is 0 Å². The van der Waals surface area contributed by atoms with Gasteiger partial charge in [-0.2, -0.15) is 0 Å². The quantitative estimate of drug-likeness (QED) is 0.781. The second-order valence-electron chi connectivity index (χ2n) is 5.23. The summed E-state index contributed by atoms with van der Waals surface area (Å²) in [5.41, 5.74) is 0.397. The van der Waals surface area contributed by atoms with Crippen LogP contribution in [0.5, 0.6) is 0 Å². The van der Waals surface area contributed by atoms with Gasteiger partial charge in [0.1, 0.15) is 5.69 Å². The molecule has 1 saturated heterocycles. The average Bonchev–Trinajstić information content (AvgIpc) is 2.47. The predicted molar refractivity (Wildman–Crippen MR) is 76.2 cm³/mol. The number of aliphatic hydroxyl groups is 1. The van der Waals surface area contributed by atoms with Crippen LogP contribution in [0.1, 0.15) is 30.3 Å². The van der Waals surface area contributed by atoms with E-state index in [1.807, 2.05) is 0 Å². The number of carbonyl (C=O) groups is 2. The number of rotatable bonds is 3. The zero-order valence-electron chi connectivity index (χ0n) is 11.8. The van der Waals surface area contributed by atoms with E-state index in [0.717, 1.165) is 12.8 Å². The number of aromatic carboxylic acids is 1. The monoisotopic (exact) mass is 293 g/mol. The molecule has 1 aromatic heterocycles. The summed E-state index contributed by atoms with van der Waals surface area (Å²) < 4.78 is 0. The number of amides is 2. The first-order chi connectivity index (χ1) is 9.97. The van der Waals surface area contributed by atoms with Gasteiger partial charge in [0.05, 0.1) is 18.0 Å². The molecule has 0 radical (unpaired) electrons. The molecule has 0 spiro atoms. The van der Waals surface area contributed by atoms with Crippen LogP contribution in [-0.4, -0.2) is 51.3 Å². The second kappa shape index (κ2) is 6.53. The lowest BCUT2D eigenvalue weighted by Crippen LogP contribution is -2.42. The molecule has 1 aromatic rings. The molecule has 1 unspecified atom stereocenters. The number of hydrogen-bond donors (Lipinski definition) is 3. The molecule has 0 saturated carbocycles. The van der Waals surface area contributed by atoms with Gasteiger partial charge < -0.3 is 20.4 Å². The molecule has 2 amide bonds. The van der Waals surface area contributed by atoms with Crippen molar-refractivity contribution in [3.8, 4) is 0 Å². The normalized spacial score (nSPS) is 17.3. The fourth-order valence-corrected chi connectivity index (χ4v) is 2.38. The zero-order valence-corrected chi connectivity index (χ0v) is 11.8. The SMILES string of the molecule is CC(O)C1CCN(C(=O)Nc2ccc(C(=O)O)nc2)CC1. The highest BCUT2D eigenvalue weighted by Gasteiger charge is 2.25. The van der Waals surface area contributed by atoms with E-state index in [1.165, 1.54) is 18.3 Å². The largest absolute Gasteiger partial charge is 0.477 e. The maximum Gasteiger partial charge on any atom is 0.354 e. The second-order valence-corrected chi connectivity index (χ2v) is 5.23. The lowest BCUT2D eigenvalue weighted by Gasteiger charge is -2.33. The number of pyridine rings is 1. The Balaban J connectivity index is 1.89. The van der Waals surface area contributed by atoms with Crippen molar-refractivity contribution in [3.63, 3.8) is 0 Å². The highest BCUT2D eigenvalue weighted by molar-refractivity contribution is 5.90. The van der Waals surface area contributed by atoms with E-state index in [9.17, 15) is 14.7 Å². The lowest BCUT2D eigenvalue weighted by molar-refractivity contribution is 0.0690. The Morgan fingerprint density at radius 2 is 2.05 bits per heavy atom. The first kappa shape index (κ1) is 15.2. The van der Waals surface area contributed by atoms with E-state index in [0.29, 0.717) is 18.8 Å². The van der Waals surface area contributed by atoms with E-state index in [2.05, 4.69) is 10.3 Å². The predicted octanol–water partition coefficient (Wildman–Crippen LogP) is 1.40. The van der Waals surface area contributed by atoms with E-state index in [1.54, 1.807) is 11.8 Å². The van der Waals surface area contributed by atoms with Crippen molar-refractivity contribution in [2.45, 2.75) is 25.9 Å². The first-order valence-corrected chi connectivity index (χ1v) is 6.90. The molecule has 7 nitrogen and oxygen atoms in total. The Kier molecular flexibility index (Phi) is 4.74. The number of carbonyl (C=O) groups excluding carboxylic acids is 1. The van der Waals surface area contributed by atoms with Crippen molar-refractivity contribution >= 4 is 17.7 Å². The molecule has 1 aliphatic heterocycles. The van der Waals surface area contributed by atoms with Gasteiger partial charge in [-0.25, -0.2) is 14.6 Å². The molecule has 0 aliphatic carbocycles. The Morgan fingerprint density at radius 3 is 2.52 bits per heavy atom. The number of piperidine rings is 1. The standard InChI is InChI=1S/C14H19N3O4/c1-9(18)10-4-6-17(7-5-10)14(21)16-11-2-3-12(13(19)20)15-8-11/h2-3,8-10,18H,4-7H2,1H3,(H,16,21)(H,19,20). The minimum atomic E-state index is -1.10. The summed E-state index contributed by atoms with van der Waals surface area (Å²) in [5, 5.41) is 21.0. The van der Waals surface area contributed by atoms with Crippen LogP contribution in [0.15, 0.2) is 18.3 Å². The Bertz CT molecular complexity index is 507. The number of nitrogens with zero attached hydrogens (tertiary/aromatic N) is 2. The Hall–Kier alpha value is -2.15. The summed E-state index contributed by atoms with van der Waals surface area (Å²) in [6.45, 7) is 2.97. The van der Waals surface area contributed by atoms with Gasteiger partial charge in [-0.05, 0) is 37.8 Å². The molecule has 7 heteroatoms. The minimum absolute atomic E-state index is 0.0641. The van der Waals surface area contributed by atoms with E-state index >= 15 is 0 Å². The highest BCUT2D eigenvalue weighted by atomic mass is 16.4. The maximum absolute atomic E-state index is 12.1. The third-order valence-corrected chi connectivity index (χ3v) is 3.74. The van der Waals surface area contributed by atoms with Gasteiger partial charge >= 0.3 is 12.0 Å². The molecule has 2 rings (SSSR count). The first-order valence-electron chi connectivity index (χ1n) is 6.90. The molecular weight excluding hydrogens is 274 g/mol. The average molecular weight is 293 g/mol. The summed E-state index contributed by atoms with van der Waals surface area (Å²) in [7, 11) is 0. The van der Waals surface area contributed by atoms with Gasteiger partial charge in [-0.3, -0.25) is 0 Å². The van der Waals surface area contributed by atoms with Crippen molar-refractivity contribution in [1.82, 2.24) is 9.88 Å². The van der Waals surface area contributed by atoms with Crippen LogP contribution in [0.4, 0.5) is 10.5 Å². The molecule has 0 aromatic carbocycles. The smallest absolute Gasteiger partial charge is 0.354 e. The van der Waals surface area contributed by atoms with Crippen LogP contribution in [0.3, 0.4) is 0 Å². The number of anilines is 1. The van der Waals surface area contributed by atoms with E-state index < -0.39 is 5.97 Å². The molecule has 114 valence electrons. The van der Waals surface area contributed by atoms with Crippen LogP contribution < -0.4 is 5.32 Å². The molecule has 2 heterocycles. The number of carboxylic acid groups (broad SMARTS) is 1. The minimum Gasteiger partial charge on any atom is -0.477 e. The summed E-state index contributed by atoms with van der Waals surface area (Å²) >= 11 is 0. The highest BCUT2D eigenvalue weighted by Crippen LogP contribution is 2.21. The number of aromatic nitrogens is 1. The fourth-order valence-electron chi connectivity index (χ4n) is 2.38. The zero-order chi connectivity index (χ0) is 15.4. The number of carboxylic acids is 1. The van der Waals surface area contributed by atoms with Gasteiger partial charge in [-0.1, -0.05) is 0 Å². The molecule has 3 N–H and O–H groups in total. The van der Waals surface area contributed by atoms with E-state index in [4.69, 9.17) is 5.11 Å². The van der Waals surface area contributed by atoms with Crippen molar-refractivity contribution in [2.75, 3.05) is 18.4 Å². The number of nitrogens with one attached hydrogen (secondary N) is 1. The van der Waals surface area contributed by atoms with Crippen LogP contribution in [-0.2, 0) is 0 Å². The van der Waals surface area contributed by atoms with Crippen LogP contribution in [0.2, 0.25) is 0 Å². The summed E-state index contributed by atoms with van der Waals surface area (Å²) in [4.78, 5) is 28.2. The number of likely N-dealkylation sites (tertiary alicyclic amines) is 1. The van der Waals surface area contributed by atoms with Crippen molar-refractivity contribution < 1.29 is 19.8 Å².